The van der Waals surface area contributed by atoms with Crippen LogP contribution in [0.4, 0.5) is 5.82 Å². The van der Waals surface area contributed by atoms with Gasteiger partial charge < -0.3 is 10.2 Å². The van der Waals surface area contributed by atoms with Crippen molar-refractivity contribution in [3.63, 3.8) is 0 Å². The molecule has 0 bridgehead atoms. The molecule has 2 aliphatic rings. The minimum atomic E-state index is 0.169. The van der Waals surface area contributed by atoms with E-state index < -0.39 is 0 Å². The van der Waals surface area contributed by atoms with E-state index in [-0.39, 0.29) is 5.91 Å². The van der Waals surface area contributed by atoms with Crippen molar-refractivity contribution < 1.29 is 4.79 Å². The number of anilines is 1. The Bertz CT molecular complexity index is 529. The second-order valence-corrected chi connectivity index (χ2v) is 9.36. The highest BCUT2D eigenvalue weighted by Gasteiger charge is 2.16. The molecule has 0 saturated carbocycles. The van der Waals surface area contributed by atoms with Crippen molar-refractivity contribution in [2.24, 2.45) is 0 Å². The molecule has 4 nitrogen and oxygen atoms in total. The van der Waals surface area contributed by atoms with Crippen LogP contribution in [0.1, 0.15) is 50.5 Å². The minimum Gasteiger partial charge on any atom is -0.357 e. The summed E-state index contributed by atoms with van der Waals surface area (Å²) in [5.41, 5.74) is 1.14. The summed E-state index contributed by atoms with van der Waals surface area (Å²) in [4.78, 5) is 18.8. The molecule has 1 unspecified atom stereocenters. The van der Waals surface area contributed by atoms with Gasteiger partial charge in [-0.05, 0) is 49.8 Å². The van der Waals surface area contributed by atoms with Crippen molar-refractivity contribution in [2.75, 3.05) is 23.7 Å². The number of hydrogen-bond donors (Lipinski definition) is 1. The lowest BCUT2D eigenvalue weighted by molar-refractivity contribution is -0.121. The van der Waals surface area contributed by atoms with Crippen molar-refractivity contribution in [3.05, 3.63) is 23.9 Å². The van der Waals surface area contributed by atoms with Crippen LogP contribution in [0.2, 0.25) is 0 Å². The molecule has 3 heterocycles. The van der Waals surface area contributed by atoms with E-state index in [9.17, 15) is 4.79 Å². The largest absolute Gasteiger partial charge is 0.357 e. The van der Waals surface area contributed by atoms with E-state index in [0.717, 1.165) is 36.1 Å². The second kappa shape index (κ2) is 9.56. The Labute approximate surface area is 153 Å². The molecule has 1 atom stereocenters. The van der Waals surface area contributed by atoms with Gasteiger partial charge in [0.05, 0.1) is 0 Å². The van der Waals surface area contributed by atoms with Crippen LogP contribution in [-0.4, -0.2) is 35.0 Å². The zero-order chi connectivity index (χ0) is 16.6. The zero-order valence-electron chi connectivity index (χ0n) is 14.2. The molecule has 2 aliphatic heterocycles. The molecule has 0 spiro atoms. The first kappa shape index (κ1) is 17.9. The van der Waals surface area contributed by atoms with Crippen LogP contribution in [0.3, 0.4) is 0 Å². The molecule has 1 N–H and O–H groups in total. The second-order valence-electron chi connectivity index (χ2n) is 6.57. The molecule has 132 valence electrons. The van der Waals surface area contributed by atoms with Crippen molar-refractivity contribution in [1.29, 1.82) is 0 Å². The Morgan fingerprint density at radius 1 is 1.33 bits per heavy atom. The number of pyridine rings is 1. The lowest BCUT2D eigenvalue weighted by Crippen LogP contribution is -2.23. The van der Waals surface area contributed by atoms with Gasteiger partial charge >= 0.3 is 0 Å². The number of carbonyl (C=O) groups is 1. The summed E-state index contributed by atoms with van der Waals surface area (Å²) in [7, 11) is 4.02. The van der Waals surface area contributed by atoms with Crippen LogP contribution >= 0.6 is 21.6 Å². The van der Waals surface area contributed by atoms with E-state index in [1.165, 1.54) is 37.9 Å². The van der Waals surface area contributed by atoms with Crippen molar-refractivity contribution >= 4 is 33.3 Å². The highest BCUT2D eigenvalue weighted by molar-refractivity contribution is 8.77. The maximum Gasteiger partial charge on any atom is 0.220 e. The maximum absolute atomic E-state index is 12.0. The Hall–Kier alpha value is -0.880. The number of amides is 1. The molecule has 3 rings (SSSR count). The van der Waals surface area contributed by atoms with Gasteiger partial charge in [0.25, 0.3) is 0 Å². The van der Waals surface area contributed by atoms with Crippen molar-refractivity contribution in [3.8, 4) is 0 Å². The highest BCUT2D eigenvalue weighted by Crippen LogP contribution is 2.39. The standard InChI is InChI=1S/C18H27N3OS2/c22-18(6-2-1-5-16-8-12-23-24-16)20-14-15-7-9-19-17(13-15)21-10-3-4-11-21/h7,9,13,16H,1-6,8,10-12,14H2,(H,20,22). The predicted molar refractivity (Wildman–Crippen MR) is 104 cm³/mol. The summed E-state index contributed by atoms with van der Waals surface area (Å²) in [5.74, 6) is 2.51. The first-order chi connectivity index (χ1) is 11.8. The number of hydrogen-bond acceptors (Lipinski definition) is 5. The molecule has 6 heteroatoms. The van der Waals surface area contributed by atoms with Crippen molar-refractivity contribution in [2.45, 2.75) is 56.7 Å². The van der Waals surface area contributed by atoms with E-state index in [0.29, 0.717) is 13.0 Å². The van der Waals surface area contributed by atoms with Gasteiger partial charge in [0.2, 0.25) is 5.91 Å². The average molecular weight is 366 g/mol. The predicted octanol–water partition coefficient (Wildman–Crippen LogP) is 4.01. The molecule has 0 aromatic carbocycles. The smallest absolute Gasteiger partial charge is 0.220 e. The fourth-order valence-electron chi connectivity index (χ4n) is 3.20. The van der Waals surface area contributed by atoms with Crippen LogP contribution in [0.15, 0.2) is 18.3 Å². The molecule has 1 aromatic rings. The summed E-state index contributed by atoms with van der Waals surface area (Å²) in [6.07, 6.45) is 9.77. The maximum atomic E-state index is 12.0. The van der Waals surface area contributed by atoms with Gasteiger partial charge in [-0.1, -0.05) is 28.0 Å². The topological polar surface area (TPSA) is 45.2 Å². The third-order valence-electron chi connectivity index (χ3n) is 4.64. The Morgan fingerprint density at radius 3 is 3.00 bits per heavy atom. The summed E-state index contributed by atoms with van der Waals surface area (Å²) in [6.45, 7) is 2.80. The van der Waals surface area contributed by atoms with Gasteiger partial charge in [0.15, 0.2) is 0 Å². The number of nitrogens with zero attached hydrogens (tertiary/aromatic N) is 2. The molecular formula is C18H27N3OS2. The third-order valence-corrected chi connectivity index (χ3v) is 7.64. The fourth-order valence-corrected chi connectivity index (χ4v) is 6.23. The summed E-state index contributed by atoms with van der Waals surface area (Å²) < 4.78 is 0. The SMILES string of the molecule is O=C(CCCCC1CCSS1)NCc1ccnc(N2CCCC2)c1. The van der Waals surface area contributed by atoms with Crippen LogP contribution in [0.5, 0.6) is 0 Å². The van der Waals surface area contributed by atoms with Gasteiger partial charge in [-0.2, -0.15) is 0 Å². The Balaban J connectivity index is 1.34. The van der Waals surface area contributed by atoms with Gasteiger partial charge in [-0.15, -0.1) is 0 Å². The molecular weight excluding hydrogens is 338 g/mol. The normalized spacial score (nSPS) is 20.5. The van der Waals surface area contributed by atoms with Crippen LogP contribution < -0.4 is 10.2 Å². The minimum absolute atomic E-state index is 0.169. The van der Waals surface area contributed by atoms with Gasteiger partial charge in [0, 0.05) is 43.3 Å². The van der Waals surface area contributed by atoms with E-state index in [2.05, 4.69) is 21.3 Å². The lowest BCUT2D eigenvalue weighted by atomic mass is 10.1. The number of rotatable bonds is 8. The molecule has 0 aliphatic carbocycles. The molecule has 2 saturated heterocycles. The summed E-state index contributed by atoms with van der Waals surface area (Å²) in [5, 5.41) is 3.87. The first-order valence-electron chi connectivity index (χ1n) is 9.06. The Morgan fingerprint density at radius 2 is 2.21 bits per heavy atom. The lowest BCUT2D eigenvalue weighted by Gasteiger charge is -2.17. The van der Waals surface area contributed by atoms with E-state index >= 15 is 0 Å². The molecule has 1 aromatic heterocycles. The zero-order valence-corrected chi connectivity index (χ0v) is 15.8. The monoisotopic (exact) mass is 365 g/mol. The van der Waals surface area contributed by atoms with Crippen molar-refractivity contribution in [1.82, 2.24) is 10.3 Å². The quantitative estimate of drug-likeness (QED) is 0.557. The number of aromatic nitrogens is 1. The molecule has 1 amide bonds. The van der Waals surface area contributed by atoms with Crippen LogP contribution in [-0.2, 0) is 11.3 Å². The molecule has 24 heavy (non-hydrogen) atoms. The summed E-state index contributed by atoms with van der Waals surface area (Å²) in [6, 6.07) is 4.11. The Kier molecular flexibility index (Phi) is 7.14. The van der Waals surface area contributed by atoms with Crippen LogP contribution in [0, 0.1) is 0 Å². The van der Waals surface area contributed by atoms with Crippen LogP contribution in [0.25, 0.3) is 0 Å². The van der Waals surface area contributed by atoms with Gasteiger partial charge in [0.1, 0.15) is 5.82 Å². The van der Waals surface area contributed by atoms with E-state index in [1.54, 1.807) is 0 Å². The highest BCUT2D eigenvalue weighted by atomic mass is 33.1. The van der Waals surface area contributed by atoms with E-state index in [1.807, 2.05) is 33.9 Å². The summed E-state index contributed by atoms with van der Waals surface area (Å²) >= 11 is 0. The average Bonchev–Trinajstić information content (AvgIpc) is 3.30. The van der Waals surface area contributed by atoms with Gasteiger partial charge in [-0.25, -0.2) is 4.98 Å². The fraction of sp³-hybridized carbons (Fsp3) is 0.667. The molecule has 0 radical (unpaired) electrons. The van der Waals surface area contributed by atoms with Gasteiger partial charge in [-0.3, -0.25) is 4.79 Å². The molecule has 2 fully saturated rings. The number of carbonyl (C=O) groups excluding carboxylic acids is 1. The van der Waals surface area contributed by atoms with E-state index in [4.69, 9.17) is 0 Å². The first-order valence-corrected chi connectivity index (χ1v) is 11.4. The third kappa shape index (κ3) is 5.59. The number of unbranched alkanes of at least 4 members (excludes halogenated alkanes) is 1. The number of nitrogens with one attached hydrogen (secondary N) is 1.